The molecule has 2 aliphatic rings. The summed E-state index contributed by atoms with van der Waals surface area (Å²) >= 11 is 13.7. The molecule has 238 valence electrons. The number of ether oxygens (including phenoxy) is 2. The Kier molecular flexibility index (Phi) is 9.52. The highest BCUT2D eigenvalue weighted by atomic mass is 35.5. The molecule has 0 radical (unpaired) electrons. The van der Waals surface area contributed by atoms with E-state index in [1.165, 1.54) is 31.0 Å². The van der Waals surface area contributed by atoms with Gasteiger partial charge in [0.2, 0.25) is 0 Å². The van der Waals surface area contributed by atoms with Crippen molar-refractivity contribution >= 4 is 57.8 Å². The topological polar surface area (TPSA) is 54.4 Å². The van der Waals surface area contributed by atoms with Crippen LogP contribution in [0.4, 0.5) is 32.0 Å². The third-order valence-electron chi connectivity index (χ3n) is 7.04. The van der Waals surface area contributed by atoms with Crippen molar-refractivity contribution in [2.45, 2.75) is 19.0 Å². The van der Waals surface area contributed by atoms with Gasteiger partial charge in [-0.1, -0.05) is 41.4 Å². The van der Waals surface area contributed by atoms with Gasteiger partial charge in [-0.3, -0.25) is 4.79 Å². The lowest BCUT2D eigenvalue weighted by Crippen LogP contribution is -2.47. The third kappa shape index (κ3) is 7.47. The molecule has 1 fully saturated rings. The fourth-order valence-electron chi connectivity index (χ4n) is 4.75. The Bertz CT molecular complexity index is 1670. The van der Waals surface area contributed by atoms with Crippen LogP contribution in [0, 0.1) is 0 Å². The molecular formula is C30H23Cl2F6N3O3S. The molecule has 2 heterocycles. The predicted octanol–water partition coefficient (Wildman–Crippen LogP) is 8.41. The van der Waals surface area contributed by atoms with Crippen LogP contribution >= 0.6 is 35.0 Å². The lowest BCUT2D eigenvalue weighted by molar-refractivity contribution is -0.143. The number of carbonyl (C=O) groups excluding carboxylic acids is 1. The van der Waals surface area contributed by atoms with E-state index >= 15 is 0 Å². The average Bonchev–Trinajstić information content (AvgIpc) is 3.36. The molecule has 3 aromatic rings. The van der Waals surface area contributed by atoms with E-state index in [1.54, 1.807) is 18.2 Å². The van der Waals surface area contributed by atoms with Gasteiger partial charge in [0.05, 0.1) is 38.9 Å². The minimum Gasteiger partial charge on any atom is -0.493 e. The van der Waals surface area contributed by atoms with Gasteiger partial charge in [0, 0.05) is 31.7 Å². The fraction of sp³-hybridized carbons (Fsp3) is 0.267. The van der Waals surface area contributed by atoms with Crippen LogP contribution in [0.5, 0.6) is 11.5 Å². The maximum Gasteiger partial charge on any atom is 0.416 e. The number of amides is 1. The van der Waals surface area contributed by atoms with E-state index in [-0.39, 0.29) is 17.6 Å². The fourth-order valence-corrected chi connectivity index (χ4v) is 6.13. The number of anilines is 1. The van der Waals surface area contributed by atoms with E-state index in [9.17, 15) is 31.1 Å². The van der Waals surface area contributed by atoms with Crippen LogP contribution in [0.2, 0.25) is 10.0 Å². The number of benzene rings is 3. The lowest BCUT2D eigenvalue weighted by Gasteiger charge is -2.37. The van der Waals surface area contributed by atoms with Crippen molar-refractivity contribution in [1.29, 1.82) is 0 Å². The molecule has 15 heteroatoms. The van der Waals surface area contributed by atoms with Crippen molar-refractivity contribution in [3.8, 4) is 11.5 Å². The van der Waals surface area contributed by atoms with E-state index in [2.05, 4.69) is 9.89 Å². The maximum absolute atomic E-state index is 13.5. The van der Waals surface area contributed by atoms with Gasteiger partial charge >= 0.3 is 12.4 Å². The number of methoxy groups -OCH3 is 1. The van der Waals surface area contributed by atoms with Crippen LogP contribution < -0.4 is 14.4 Å². The molecule has 0 unspecified atom stereocenters. The maximum atomic E-state index is 13.5. The Morgan fingerprint density at radius 3 is 2.29 bits per heavy atom. The molecule has 5 rings (SSSR count). The van der Waals surface area contributed by atoms with Gasteiger partial charge in [0.25, 0.3) is 5.91 Å². The lowest BCUT2D eigenvalue weighted by atomic mass is 10.0. The average molecular weight is 690 g/mol. The number of hydrogen-bond donors (Lipinski definition) is 0. The Labute approximate surface area is 268 Å². The summed E-state index contributed by atoms with van der Waals surface area (Å²) in [6.07, 6.45) is -8.35. The summed E-state index contributed by atoms with van der Waals surface area (Å²) in [7, 11) is 1.32. The van der Waals surface area contributed by atoms with Crippen LogP contribution in [0.15, 0.2) is 64.5 Å². The summed E-state index contributed by atoms with van der Waals surface area (Å²) in [5.41, 5.74) is -1.96. The zero-order valence-electron chi connectivity index (χ0n) is 23.3. The van der Waals surface area contributed by atoms with Crippen LogP contribution in [-0.4, -0.2) is 49.3 Å². The van der Waals surface area contributed by atoms with Crippen LogP contribution in [0.25, 0.3) is 6.08 Å². The smallest absolute Gasteiger partial charge is 0.416 e. The molecule has 1 saturated heterocycles. The molecule has 1 amide bonds. The van der Waals surface area contributed by atoms with Crippen molar-refractivity contribution in [2.24, 2.45) is 4.99 Å². The van der Waals surface area contributed by atoms with Crippen molar-refractivity contribution in [3.63, 3.8) is 0 Å². The Morgan fingerprint density at radius 1 is 0.911 bits per heavy atom. The molecule has 0 bridgehead atoms. The van der Waals surface area contributed by atoms with Crippen LogP contribution in [0.1, 0.15) is 22.3 Å². The molecule has 2 aliphatic heterocycles. The minimum absolute atomic E-state index is 0.0621. The molecule has 0 spiro atoms. The first kappa shape index (κ1) is 32.8. The third-order valence-corrected chi connectivity index (χ3v) is 8.90. The van der Waals surface area contributed by atoms with Gasteiger partial charge in [-0.15, -0.1) is 0 Å². The standard InChI is InChI=1S/C30H23Cl2F6N3O3S/c1-43-24-13-17(5-8-23(24)44-16-18-6-7-19(29(33,34)35)15-20(18)30(36,37)38)14-25-27(42)39-28(45-25)41-11-9-40(10-12-41)22-4-2-3-21(31)26(22)32/h2-8,13-15H,9-12,16H2,1H3. The number of thioether (sulfide) groups is 1. The van der Waals surface area contributed by atoms with Gasteiger partial charge in [0.15, 0.2) is 16.7 Å². The number of piperazine rings is 1. The minimum atomic E-state index is -5.02. The highest BCUT2D eigenvalue weighted by Gasteiger charge is 2.38. The number of amidine groups is 1. The largest absolute Gasteiger partial charge is 0.493 e. The van der Waals surface area contributed by atoms with E-state index in [4.69, 9.17) is 32.7 Å². The van der Waals surface area contributed by atoms with E-state index in [1.807, 2.05) is 17.0 Å². The summed E-state index contributed by atoms with van der Waals surface area (Å²) in [5, 5.41) is 1.52. The van der Waals surface area contributed by atoms with Crippen molar-refractivity contribution in [2.75, 3.05) is 38.2 Å². The Morgan fingerprint density at radius 2 is 1.62 bits per heavy atom. The van der Waals surface area contributed by atoms with Crippen molar-refractivity contribution in [3.05, 3.63) is 91.8 Å². The molecular weight excluding hydrogens is 667 g/mol. The summed E-state index contributed by atoms with van der Waals surface area (Å²) in [6, 6.07) is 11.4. The number of alkyl halides is 6. The zero-order chi connectivity index (χ0) is 32.5. The van der Waals surface area contributed by atoms with Crippen LogP contribution in [-0.2, 0) is 23.8 Å². The second-order valence-electron chi connectivity index (χ2n) is 9.92. The number of halogens is 8. The van der Waals surface area contributed by atoms with Gasteiger partial charge in [-0.2, -0.15) is 31.3 Å². The van der Waals surface area contributed by atoms with E-state index < -0.39 is 41.6 Å². The number of aliphatic imine (C=N–C) groups is 1. The van der Waals surface area contributed by atoms with Gasteiger partial charge < -0.3 is 19.3 Å². The Balaban J connectivity index is 1.25. The highest BCUT2D eigenvalue weighted by Crippen LogP contribution is 2.39. The highest BCUT2D eigenvalue weighted by molar-refractivity contribution is 8.18. The van der Waals surface area contributed by atoms with E-state index in [0.717, 1.165) is 11.8 Å². The molecule has 3 aromatic carbocycles. The number of hydrogen-bond acceptors (Lipinski definition) is 6. The number of rotatable bonds is 6. The zero-order valence-corrected chi connectivity index (χ0v) is 25.6. The number of nitrogens with zero attached hydrogens (tertiary/aromatic N) is 3. The monoisotopic (exact) mass is 689 g/mol. The first-order chi connectivity index (χ1) is 21.2. The van der Waals surface area contributed by atoms with E-state index in [0.29, 0.717) is 57.9 Å². The summed E-state index contributed by atoms with van der Waals surface area (Å²) < 4.78 is 90.4. The molecule has 0 aliphatic carbocycles. The molecule has 0 atom stereocenters. The molecule has 0 aromatic heterocycles. The first-order valence-electron chi connectivity index (χ1n) is 13.3. The summed E-state index contributed by atoms with van der Waals surface area (Å²) in [6.45, 7) is 1.82. The second kappa shape index (κ2) is 13.1. The number of carbonyl (C=O) groups is 1. The molecule has 45 heavy (non-hydrogen) atoms. The predicted molar refractivity (Wildman–Crippen MR) is 162 cm³/mol. The summed E-state index contributed by atoms with van der Waals surface area (Å²) in [5.74, 6) is -0.207. The van der Waals surface area contributed by atoms with Gasteiger partial charge in [0.1, 0.15) is 6.61 Å². The van der Waals surface area contributed by atoms with Gasteiger partial charge in [-0.25, -0.2) is 0 Å². The van der Waals surface area contributed by atoms with Crippen LogP contribution in [0.3, 0.4) is 0 Å². The van der Waals surface area contributed by atoms with Crippen molar-refractivity contribution < 1.29 is 40.6 Å². The summed E-state index contributed by atoms with van der Waals surface area (Å²) in [4.78, 5) is 21.4. The van der Waals surface area contributed by atoms with Crippen molar-refractivity contribution in [1.82, 2.24) is 4.90 Å². The SMILES string of the molecule is COc1cc(C=C2SC(N3CCN(c4cccc(Cl)c4Cl)CC3)=NC2=O)ccc1OCc1ccc(C(F)(F)F)cc1C(F)(F)F. The Hall–Kier alpha value is -3.55. The molecule has 0 N–H and O–H groups in total. The quantitative estimate of drug-likeness (QED) is 0.191. The molecule has 0 saturated carbocycles. The second-order valence-corrected chi connectivity index (χ2v) is 11.7. The normalized spacial score (nSPS) is 16.8. The first-order valence-corrected chi connectivity index (χ1v) is 14.9. The molecule has 6 nitrogen and oxygen atoms in total. The van der Waals surface area contributed by atoms with Gasteiger partial charge in [-0.05, 0) is 59.8 Å².